The number of nitrogens with one attached hydrogen (secondary N) is 2. The summed E-state index contributed by atoms with van der Waals surface area (Å²) in [6.45, 7) is 3.75. The average molecular weight is 380 g/mol. The van der Waals surface area contributed by atoms with Crippen LogP contribution in [0.15, 0.2) is 53.4 Å². The Labute approximate surface area is 156 Å². The van der Waals surface area contributed by atoms with Crippen molar-refractivity contribution in [1.29, 1.82) is 0 Å². The van der Waals surface area contributed by atoms with Gasteiger partial charge in [-0.3, -0.25) is 19.6 Å². The zero-order chi connectivity index (χ0) is 19.3. The summed E-state index contributed by atoms with van der Waals surface area (Å²) in [5, 5.41) is 3.24. The summed E-state index contributed by atoms with van der Waals surface area (Å²) < 4.78 is 28.4. The second-order valence-electron chi connectivity index (χ2n) is 6.58. The molecule has 0 fully saturated rings. The monoisotopic (exact) mass is 380 g/mol. The number of benzene rings is 3. The lowest BCUT2D eigenvalue weighted by atomic mass is 9.95. The molecule has 0 aliphatic carbocycles. The molecule has 0 saturated carbocycles. The number of imide groups is 1. The first-order chi connectivity index (χ1) is 12.8. The maximum Gasteiger partial charge on any atom is 0.261 e. The van der Waals surface area contributed by atoms with Gasteiger partial charge in [0.2, 0.25) is 0 Å². The van der Waals surface area contributed by atoms with Gasteiger partial charge in [-0.05, 0) is 49.1 Å². The second kappa shape index (κ2) is 5.92. The van der Waals surface area contributed by atoms with Crippen LogP contribution in [0.3, 0.4) is 0 Å². The van der Waals surface area contributed by atoms with Gasteiger partial charge in [0.15, 0.2) is 0 Å². The molecule has 1 heterocycles. The van der Waals surface area contributed by atoms with Crippen LogP contribution in [0.1, 0.15) is 31.8 Å². The summed E-state index contributed by atoms with van der Waals surface area (Å²) >= 11 is 0. The van der Waals surface area contributed by atoms with E-state index >= 15 is 0 Å². The Bertz CT molecular complexity index is 1250. The van der Waals surface area contributed by atoms with Crippen LogP contribution in [-0.4, -0.2) is 20.2 Å². The molecule has 0 aromatic heterocycles. The Morgan fingerprint density at radius 2 is 1.63 bits per heavy atom. The van der Waals surface area contributed by atoms with Crippen molar-refractivity contribution in [3.8, 4) is 0 Å². The summed E-state index contributed by atoms with van der Waals surface area (Å²) in [5.74, 6) is -1.09. The van der Waals surface area contributed by atoms with E-state index in [1.165, 1.54) is 12.1 Å². The average Bonchev–Trinajstić information content (AvgIpc) is 2.61. The molecule has 4 rings (SSSR count). The number of sulfonamides is 1. The van der Waals surface area contributed by atoms with E-state index in [0.717, 1.165) is 11.1 Å². The molecule has 3 aromatic carbocycles. The Hall–Kier alpha value is -3.19. The fourth-order valence-corrected chi connectivity index (χ4v) is 4.48. The molecule has 0 saturated heterocycles. The molecule has 1 aliphatic heterocycles. The molecule has 1 aliphatic rings. The zero-order valence-electron chi connectivity index (χ0n) is 14.7. The van der Waals surface area contributed by atoms with E-state index in [0.29, 0.717) is 22.0 Å². The second-order valence-corrected chi connectivity index (χ2v) is 8.26. The van der Waals surface area contributed by atoms with Gasteiger partial charge in [-0.2, -0.15) is 0 Å². The highest BCUT2D eigenvalue weighted by atomic mass is 32.2. The van der Waals surface area contributed by atoms with Gasteiger partial charge in [-0.15, -0.1) is 0 Å². The number of aryl methyl sites for hydroxylation is 2. The van der Waals surface area contributed by atoms with Crippen LogP contribution in [0, 0.1) is 13.8 Å². The van der Waals surface area contributed by atoms with Gasteiger partial charge in [0, 0.05) is 16.5 Å². The lowest BCUT2D eigenvalue weighted by Crippen LogP contribution is -2.34. The molecule has 2 N–H and O–H groups in total. The van der Waals surface area contributed by atoms with E-state index in [-0.39, 0.29) is 10.5 Å². The van der Waals surface area contributed by atoms with E-state index in [1.807, 2.05) is 26.0 Å². The van der Waals surface area contributed by atoms with E-state index in [4.69, 9.17) is 0 Å². The number of anilines is 1. The minimum Gasteiger partial charge on any atom is -0.288 e. The highest BCUT2D eigenvalue weighted by Gasteiger charge is 2.27. The predicted octanol–water partition coefficient (Wildman–Crippen LogP) is 3.14. The molecule has 7 heteroatoms. The molecular weight excluding hydrogens is 364 g/mol. The number of rotatable bonds is 3. The lowest BCUT2D eigenvalue weighted by molar-refractivity contribution is 0.0845. The number of amides is 2. The number of carbonyl (C=O) groups is 2. The van der Waals surface area contributed by atoms with Crippen molar-refractivity contribution < 1.29 is 18.0 Å². The molecule has 0 unspecified atom stereocenters. The molecule has 27 heavy (non-hydrogen) atoms. The Morgan fingerprint density at radius 3 is 2.37 bits per heavy atom. The van der Waals surface area contributed by atoms with Crippen molar-refractivity contribution in [1.82, 2.24) is 5.32 Å². The van der Waals surface area contributed by atoms with Crippen LogP contribution in [0.5, 0.6) is 0 Å². The van der Waals surface area contributed by atoms with Gasteiger partial charge < -0.3 is 0 Å². The molecule has 6 nitrogen and oxygen atoms in total. The summed E-state index contributed by atoms with van der Waals surface area (Å²) in [5.41, 5.74) is 2.82. The van der Waals surface area contributed by atoms with E-state index in [2.05, 4.69) is 10.0 Å². The Kier molecular flexibility index (Phi) is 3.78. The van der Waals surface area contributed by atoms with Crippen molar-refractivity contribution in [2.45, 2.75) is 18.7 Å². The number of hydrogen-bond donors (Lipinski definition) is 2. The third kappa shape index (κ3) is 2.86. The van der Waals surface area contributed by atoms with E-state index in [9.17, 15) is 18.0 Å². The maximum absolute atomic E-state index is 12.9. The van der Waals surface area contributed by atoms with Crippen LogP contribution in [0.25, 0.3) is 10.8 Å². The normalized spacial score (nSPS) is 13.6. The van der Waals surface area contributed by atoms with Gasteiger partial charge >= 0.3 is 0 Å². The van der Waals surface area contributed by atoms with Crippen molar-refractivity contribution in [2.75, 3.05) is 4.72 Å². The lowest BCUT2D eigenvalue weighted by Gasteiger charge is -2.18. The molecule has 0 radical (unpaired) electrons. The highest BCUT2D eigenvalue weighted by Crippen LogP contribution is 2.30. The summed E-state index contributed by atoms with van der Waals surface area (Å²) in [6, 6.07) is 13.1. The molecule has 0 spiro atoms. The molecule has 3 aromatic rings. The smallest absolute Gasteiger partial charge is 0.261 e. The van der Waals surface area contributed by atoms with Gasteiger partial charge in [-0.25, -0.2) is 8.42 Å². The first-order valence-corrected chi connectivity index (χ1v) is 9.77. The standard InChI is InChI=1S/C20H16N2O4S/c1-11-6-7-17(12(2)8-11)22-27(25,26)14-9-13-4-3-5-15-18(13)16(10-14)20(24)21-19(15)23/h3-10,22H,1-2H3,(H,21,23,24). The van der Waals surface area contributed by atoms with Crippen LogP contribution in [0.4, 0.5) is 5.69 Å². The fraction of sp³-hybridized carbons (Fsp3) is 0.100. The fourth-order valence-electron chi connectivity index (χ4n) is 3.29. The quantitative estimate of drug-likeness (QED) is 0.683. The third-order valence-electron chi connectivity index (χ3n) is 4.60. The van der Waals surface area contributed by atoms with Crippen LogP contribution >= 0.6 is 0 Å². The first-order valence-electron chi connectivity index (χ1n) is 8.29. The van der Waals surface area contributed by atoms with Gasteiger partial charge in [-0.1, -0.05) is 29.8 Å². The minimum atomic E-state index is -3.91. The number of carbonyl (C=O) groups excluding carboxylic acids is 2. The summed E-state index contributed by atoms with van der Waals surface area (Å²) in [7, 11) is -3.91. The molecule has 2 amide bonds. The minimum absolute atomic E-state index is 0.0355. The highest BCUT2D eigenvalue weighted by molar-refractivity contribution is 7.92. The SMILES string of the molecule is Cc1ccc(NS(=O)(=O)c2cc3c4c(cccc4c2)C(=O)NC3=O)c(C)c1. The van der Waals surface area contributed by atoms with E-state index < -0.39 is 21.8 Å². The van der Waals surface area contributed by atoms with Crippen LogP contribution in [-0.2, 0) is 10.0 Å². The maximum atomic E-state index is 12.9. The molecule has 0 atom stereocenters. The summed E-state index contributed by atoms with van der Waals surface area (Å²) in [6.07, 6.45) is 0. The van der Waals surface area contributed by atoms with Gasteiger partial charge in [0.1, 0.15) is 0 Å². The number of hydrogen-bond acceptors (Lipinski definition) is 4. The van der Waals surface area contributed by atoms with Crippen molar-refractivity contribution in [3.63, 3.8) is 0 Å². The van der Waals surface area contributed by atoms with Crippen LogP contribution < -0.4 is 10.0 Å². The van der Waals surface area contributed by atoms with Crippen molar-refractivity contribution in [2.24, 2.45) is 0 Å². The Balaban J connectivity index is 1.87. The largest absolute Gasteiger partial charge is 0.288 e. The predicted molar refractivity (Wildman–Crippen MR) is 102 cm³/mol. The van der Waals surface area contributed by atoms with E-state index in [1.54, 1.807) is 24.3 Å². The van der Waals surface area contributed by atoms with Crippen LogP contribution in [0.2, 0.25) is 0 Å². The van der Waals surface area contributed by atoms with Gasteiger partial charge in [0.05, 0.1) is 10.6 Å². The summed E-state index contributed by atoms with van der Waals surface area (Å²) in [4.78, 5) is 24.2. The molecular formula is C20H16N2O4S. The Morgan fingerprint density at radius 1 is 0.889 bits per heavy atom. The topological polar surface area (TPSA) is 92.3 Å². The molecule has 0 bridgehead atoms. The molecule has 136 valence electrons. The first kappa shape index (κ1) is 17.2. The van der Waals surface area contributed by atoms with Gasteiger partial charge in [0.25, 0.3) is 21.8 Å². The zero-order valence-corrected chi connectivity index (χ0v) is 15.5. The van der Waals surface area contributed by atoms with Crippen molar-refractivity contribution in [3.05, 3.63) is 70.8 Å². The van der Waals surface area contributed by atoms with Crippen molar-refractivity contribution >= 4 is 38.3 Å². The third-order valence-corrected chi connectivity index (χ3v) is 5.95.